The highest BCUT2D eigenvalue weighted by Gasteiger charge is 2.15. The number of halogens is 1. The lowest BCUT2D eigenvalue weighted by Gasteiger charge is -2.28. The van der Waals surface area contributed by atoms with Crippen LogP contribution in [0.15, 0.2) is 71.2 Å². The molecule has 0 spiro atoms. The second kappa shape index (κ2) is 10.1. The van der Waals surface area contributed by atoms with Crippen LogP contribution in [-0.4, -0.2) is 30.4 Å². The highest BCUT2D eigenvalue weighted by Crippen LogP contribution is 2.23. The summed E-state index contributed by atoms with van der Waals surface area (Å²) in [6, 6.07) is 21.1. The van der Waals surface area contributed by atoms with E-state index in [0.717, 1.165) is 51.0 Å². The highest BCUT2D eigenvalue weighted by atomic mass is 79.9. The fourth-order valence-corrected chi connectivity index (χ4v) is 4.39. The van der Waals surface area contributed by atoms with Crippen molar-refractivity contribution in [2.75, 3.05) is 19.6 Å². The number of hydrogen-bond acceptors (Lipinski definition) is 2. The first-order valence-electron chi connectivity index (χ1n) is 10.6. The van der Waals surface area contributed by atoms with E-state index < -0.39 is 0 Å². The Kier molecular flexibility index (Phi) is 6.98. The second-order valence-corrected chi connectivity index (χ2v) is 8.79. The molecule has 0 aliphatic carbocycles. The van der Waals surface area contributed by atoms with Crippen molar-refractivity contribution in [1.29, 1.82) is 0 Å². The lowest BCUT2D eigenvalue weighted by atomic mass is 10.00. The second-order valence-electron chi connectivity index (χ2n) is 7.88. The Morgan fingerprint density at radius 1 is 1.00 bits per heavy atom. The molecule has 3 aromatic rings. The molecule has 1 aliphatic heterocycles. The fraction of sp³-hybridized carbons (Fsp3) is 0.269. The van der Waals surface area contributed by atoms with Crippen molar-refractivity contribution in [3.63, 3.8) is 0 Å². The molecule has 0 bridgehead atoms. The molecule has 0 saturated heterocycles. The van der Waals surface area contributed by atoms with Crippen molar-refractivity contribution in [1.82, 2.24) is 10.2 Å². The van der Waals surface area contributed by atoms with Crippen molar-refractivity contribution in [3.8, 4) is 0 Å². The Balaban J connectivity index is 1.16. The average Bonchev–Trinajstić information content (AvgIpc) is 2.77. The Hall–Kier alpha value is -2.43. The molecule has 1 N–H and O–H groups in total. The summed E-state index contributed by atoms with van der Waals surface area (Å²) < 4.78 is 1.17. The molecule has 0 aromatic heterocycles. The smallest absolute Gasteiger partial charge is 0.243 e. The number of benzene rings is 3. The zero-order valence-corrected chi connectivity index (χ0v) is 18.7. The average molecular weight is 463 g/mol. The number of nitrogens with one attached hydrogen (secondary N) is 1. The van der Waals surface area contributed by atoms with E-state index in [1.165, 1.54) is 26.4 Å². The van der Waals surface area contributed by atoms with Crippen molar-refractivity contribution in [3.05, 3.63) is 87.9 Å². The van der Waals surface area contributed by atoms with E-state index in [1.54, 1.807) is 6.08 Å². The molecular weight excluding hydrogens is 436 g/mol. The SMILES string of the molecule is O=C(C=Cc1ccc2ccccc2c1)NCCCCN1CCc2cc(Br)ccc2C1. The van der Waals surface area contributed by atoms with Gasteiger partial charge in [-0.1, -0.05) is 58.4 Å². The monoisotopic (exact) mass is 462 g/mol. The van der Waals surface area contributed by atoms with Gasteiger partial charge in [-0.15, -0.1) is 0 Å². The lowest BCUT2D eigenvalue weighted by molar-refractivity contribution is -0.116. The minimum atomic E-state index is -0.0272. The summed E-state index contributed by atoms with van der Waals surface area (Å²) in [7, 11) is 0. The Labute approximate surface area is 186 Å². The van der Waals surface area contributed by atoms with Crippen LogP contribution < -0.4 is 5.32 Å². The molecule has 0 atom stereocenters. The van der Waals surface area contributed by atoms with Gasteiger partial charge in [-0.3, -0.25) is 9.69 Å². The third-order valence-corrected chi connectivity index (χ3v) is 6.15. The van der Waals surface area contributed by atoms with Gasteiger partial charge in [-0.25, -0.2) is 0 Å². The first-order chi connectivity index (χ1) is 14.7. The van der Waals surface area contributed by atoms with Gasteiger partial charge in [0.1, 0.15) is 0 Å². The van der Waals surface area contributed by atoms with Crippen LogP contribution in [0.4, 0.5) is 0 Å². The summed E-state index contributed by atoms with van der Waals surface area (Å²) in [6.45, 7) is 3.95. The quantitative estimate of drug-likeness (QED) is 0.367. The predicted octanol–water partition coefficient (Wildman–Crippen LogP) is 5.57. The number of carbonyl (C=O) groups excluding carboxylic acids is 1. The van der Waals surface area contributed by atoms with E-state index in [4.69, 9.17) is 0 Å². The van der Waals surface area contributed by atoms with E-state index in [2.05, 4.69) is 68.6 Å². The molecule has 30 heavy (non-hydrogen) atoms. The van der Waals surface area contributed by atoms with Crippen LogP contribution in [0.3, 0.4) is 0 Å². The van der Waals surface area contributed by atoms with Gasteiger partial charge in [-0.2, -0.15) is 0 Å². The number of fused-ring (bicyclic) bond motifs is 2. The molecule has 4 rings (SSSR count). The summed E-state index contributed by atoms with van der Waals surface area (Å²) in [6.07, 6.45) is 6.72. The minimum absolute atomic E-state index is 0.0272. The zero-order chi connectivity index (χ0) is 20.8. The molecule has 154 valence electrons. The molecular formula is C26H27BrN2O. The first-order valence-corrected chi connectivity index (χ1v) is 11.4. The van der Waals surface area contributed by atoms with E-state index in [-0.39, 0.29) is 5.91 Å². The molecule has 1 amide bonds. The summed E-state index contributed by atoms with van der Waals surface area (Å²) in [5.74, 6) is -0.0272. The summed E-state index contributed by atoms with van der Waals surface area (Å²) in [5, 5.41) is 5.40. The Morgan fingerprint density at radius 2 is 1.87 bits per heavy atom. The van der Waals surface area contributed by atoms with Crippen LogP contribution in [0, 0.1) is 0 Å². The topological polar surface area (TPSA) is 32.3 Å². The standard InChI is InChI=1S/C26H27BrN2O/c27-25-11-10-24-19-29(16-13-23(24)18-25)15-4-3-14-28-26(30)12-8-20-7-9-21-5-1-2-6-22(21)17-20/h1-2,5-12,17-18H,3-4,13-16,19H2,(H,28,30). The van der Waals surface area contributed by atoms with Crippen molar-refractivity contribution in [2.24, 2.45) is 0 Å². The number of carbonyl (C=O) groups is 1. The molecule has 0 saturated carbocycles. The van der Waals surface area contributed by atoms with Gasteiger partial charge in [0.2, 0.25) is 5.91 Å². The van der Waals surface area contributed by atoms with E-state index >= 15 is 0 Å². The number of hydrogen-bond donors (Lipinski definition) is 1. The van der Waals surface area contributed by atoms with Crippen LogP contribution in [0.25, 0.3) is 16.8 Å². The van der Waals surface area contributed by atoms with Crippen molar-refractivity contribution >= 4 is 38.7 Å². The number of nitrogens with zero attached hydrogens (tertiary/aromatic N) is 1. The van der Waals surface area contributed by atoms with Gasteiger partial charge in [0.25, 0.3) is 0 Å². The normalized spacial score (nSPS) is 14.2. The van der Waals surface area contributed by atoms with Gasteiger partial charge >= 0.3 is 0 Å². The van der Waals surface area contributed by atoms with Crippen LogP contribution in [-0.2, 0) is 17.8 Å². The van der Waals surface area contributed by atoms with Crippen LogP contribution in [0.1, 0.15) is 29.5 Å². The van der Waals surface area contributed by atoms with Crippen molar-refractivity contribution < 1.29 is 4.79 Å². The lowest BCUT2D eigenvalue weighted by Crippen LogP contribution is -2.32. The largest absolute Gasteiger partial charge is 0.353 e. The first kappa shape index (κ1) is 20.8. The molecule has 0 fully saturated rings. The van der Waals surface area contributed by atoms with Gasteiger partial charge < -0.3 is 5.32 Å². The van der Waals surface area contributed by atoms with Crippen molar-refractivity contribution in [2.45, 2.75) is 25.8 Å². The maximum absolute atomic E-state index is 12.1. The third kappa shape index (κ3) is 5.59. The Morgan fingerprint density at radius 3 is 2.77 bits per heavy atom. The van der Waals surface area contributed by atoms with E-state index in [0.29, 0.717) is 0 Å². The van der Waals surface area contributed by atoms with Gasteiger partial charge in [0.05, 0.1) is 0 Å². The van der Waals surface area contributed by atoms with Crippen LogP contribution in [0.2, 0.25) is 0 Å². The fourth-order valence-electron chi connectivity index (χ4n) is 3.99. The van der Waals surface area contributed by atoms with E-state index in [9.17, 15) is 4.79 Å². The van der Waals surface area contributed by atoms with Gasteiger partial charge in [-0.05, 0) is 77.5 Å². The van der Waals surface area contributed by atoms with Crippen LogP contribution >= 0.6 is 15.9 Å². The highest BCUT2D eigenvalue weighted by molar-refractivity contribution is 9.10. The zero-order valence-electron chi connectivity index (χ0n) is 17.1. The maximum atomic E-state index is 12.1. The molecule has 0 radical (unpaired) electrons. The predicted molar refractivity (Wildman–Crippen MR) is 128 cm³/mol. The molecule has 3 nitrogen and oxygen atoms in total. The number of unbranched alkanes of at least 4 members (excludes halogenated alkanes) is 1. The minimum Gasteiger partial charge on any atom is -0.353 e. The molecule has 1 heterocycles. The number of amides is 1. The summed E-state index contributed by atoms with van der Waals surface area (Å²) in [4.78, 5) is 14.6. The van der Waals surface area contributed by atoms with Gasteiger partial charge in [0, 0.05) is 30.2 Å². The van der Waals surface area contributed by atoms with Crippen LogP contribution in [0.5, 0.6) is 0 Å². The summed E-state index contributed by atoms with van der Waals surface area (Å²) >= 11 is 3.56. The number of rotatable bonds is 7. The van der Waals surface area contributed by atoms with E-state index in [1.807, 2.05) is 24.3 Å². The van der Waals surface area contributed by atoms with Gasteiger partial charge in [0.15, 0.2) is 0 Å². The Bertz CT molecular complexity index is 1060. The molecule has 4 heteroatoms. The maximum Gasteiger partial charge on any atom is 0.243 e. The summed E-state index contributed by atoms with van der Waals surface area (Å²) in [5.41, 5.74) is 3.95. The molecule has 1 aliphatic rings. The third-order valence-electron chi connectivity index (χ3n) is 5.66. The molecule has 3 aromatic carbocycles. The molecule has 0 unspecified atom stereocenters.